The van der Waals surface area contributed by atoms with Crippen LogP contribution >= 0.6 is 0 Å². The van der Waals surface area contributed by atoms with Crippen molar-refractivity contribution in [3.63, 3.8) is 0 Å². The van der Waals surface area contributed by atoms with Crippen LogP contribution in [0.4, 0.5) is 0 Å². The number of benzene rings is 1. The molecule has 0 spiro atoms. The molecule has 0 N–H and O–H groups in total. The zero-order chi connectivity index (χ0) is 19.5. The summed E-state index contributed by atoms with van der Waals surface area (Å²) in [5.74, 6) is 1.68. The first-order valence-electron chi connectivity index (χ1n) is 8.96. The first kappa shape index (κ1) is 23.1. The molecule has 0 heterocycles. The van der Waals surface area contributed by atoms with E-state index in [1.807, 2.05) is 24.3 Å². The van der Waals surface area contributed by atoms with Crippen molar-refractivity contribution in [2.24, 2.45) is 0 Å². The average molecular weight is 403 g/mol. The third-order valence-electron chi connectivity index (χ3n) is 4.64. The number of ether oxygens (including phenoxy) is 2. The van der Waals surface area contributed by atoms with Gasteiger partial charge in [-0.2, -0.15) is 0 Å². The van der Waals surface area contributed by atoms with Gasteiger partial charge < -0.3 is 27.2 Å². The smallest absolute Gasteiger partial charge is 0.334 e. The van der Waals surface area contributed by atoms with Crippen LogP contribution in [0.3, 0.4) is 0 Å². The summed E-state index contributed by atoms with van der Waals surface area (Å²) >= 11 is 0. The fourth-order valence-electron chi connectivity index (χ4n) is 2.37. The molecule has 0 aliphatic carbocycles. The van der Waals surface area contributed by atoms with Gasteiger partial charge in [-0.05, 0) is 62.3 Å². The number of hydrogen-bond acceptors (Lipinski definition) is 6. The van der Waals surface area contributed by atoms with Crippen LogP contribution in [0.25, 0.3) is 0 Å². The van der Waals surface area contributed by atoms with Crippen molar-refractivity contribution in [1.82, 2.24) is 0 Å². The van der Waals surface area contributed by atoms with Gasteiger partial charge in [-0.25, -0.2) is 0 Å². The third-order valence-corrected chi connectivity index (χ3v) is 10.6. The summed E-state index contributed by atoms with van der Waals surface area (Å²) in [7, 11) is 2.85. The highest BCUT2D eigenvalue weighted by molar-refractivity contribution is 6.66. The van der Waals surface area contributed by atoms with Crippen LogP contribution in [0.1, 0.15) is 12.8 Å². The van der Waals surface area contributed by atoms with Crippen LogP contribution in [0.15, 0.2) is 24.3 Å². The van der Waals surface area contributed by atoms with E-state index in [4.69, 9.17) is 27.2 Å². The lowest BCUT2D eigenvalue weighted by atomic mass is 10.3. The van der Waals surface area contributed by atoms with E-state index in [-0.39, 0.29) is 0 Å². The molecule has 26 heavy (non-hydrogen) atoms. The molecular formula is C18H34O6Si2. The van der Waals surface area contributed by atoms with Crippen molar-refractivity contribution in [2.75, 3.05) is 41.7 Å². The standard InChI is InChI=1S/C18H34O6Si2/c1-19-25(5,20-2)15-7-13-23-17-9-11-18(12-10-17)24-14-8-16-26(6,21-3)22-4/h9-12H,7-8,13-16H2,1-6H3. The predicted octanol–water partition coefficient (Wildman–Crippen LogP) is 3.95. The molecule has 0 unspecified atom stereocenters. The summed E-state index contributed by atoms with van der Waals surface area (Å²) < 4.78 is 33.4. The Balaban J connectivity index is 2.27. The highest BCUT2D eigenvalue weighted by Crippen LogP contribution is 2.20. The summed E-state index contributed by atoms with van der Waals surface area (Å²) in [6.45, 7) is 5.41. The van der Waals surface area contributed by atoms with Crippen LogP contribution in [-0.2, 0) is 17.7 Å². The molecule has 0 fully saturated rings. The summed E-state index contributed by atoms with van der Waals surface area (Å²) in [5.41, 5.74) is 0. The van der Waals surface area contributed by atoms with Crippen LogP contribution in [0.2, 0.25) is 25.2 Å². The van der Waals surface area contributed by atoms with E-state index in [2.05, 4.69) is 13.1 Å². The summed E-state index contributed by atoms with van der Waals surface area (Å²) in [6.07, 6.45) is 1.81. The van der Waals surface area contributed by atoms with E-state index in [1.54, 1.807) is 28.4 Å². The van der Waals surface area contributed by atoms with E-state index in [1.165, 1.54) is 0 Å². The molecular weight excluding hydrogens is 368 g/mol. The Kier molecular flexibility index (Phi) is 10.4. The minimum Gasteiger partial charge on any atom is -0.494 e. The molecule has 1 rings (SSSR count). The fourth-order valence-corrected chi connectivity index (χ4v) is 5.10. The quantitative estimate of drug-likeness (QED) is 0.347. The average Bonchev–Trinajstić information content (AvgIpc) is 2.69. The maximum absolute atomic E-state index is 5.77. The van der Waals surface area contributed by atoms with Crippen molar-refractivity contribution in [3.05, 3.63) is 24.3 Å². The Bertz CT molecular complexity index is 444. The van der Waals surface area contributed by atoms with Gasteiger partial charge in [0.2, 0.25) is 0 Å². The Morgan fingerprint density at radius 3 is 1.19 bits per heavy atom. The molecule has 150 valence electrons. The molecule has 0 saturated carbocycles. The van der Waals surface area contributed by atoms with Gasteiger partial charge in [0.15, 0.2) is 0 Å². The number of rotatable bonds is 14. The highest BCUT2D eigenvalue weighted by atomic mass is 28.4. The second kappa shape index (κ2) is 11.7. The van der Waals surface area contributed by atoms with Gasteiger partial charge >= 0.3 is 17.1 Å². The molecule has 0 aromatic heterocycles. The zero-order valence-corrected chi connectivity index (χ0v) is 19.0. The summed E-state index contributed by atoms with van der Waals surface area (Å²) in [4.78, 5) is 0. The monoisotopic (exact) mass is 402 g/mol. The van der Waals surface area contributed by atoms with Crippen LogP contribution in [0, 0.1) is 0 Å². The SMILES string of the molecule is CO[Si](C)(CCCOc1ccc(OCCC[Si](C)(OC)OC)cc1)OC. The molecule has 0 aliphatic heterocycles. The van der Waals surface area contributed by atoms with Gasteiger partial charge in [-0.15, -0.1) is 0 Å². The molecule has 0 bridgehead atoms. The lowest BCUT2D eigenvalue weighted by Gasteiger charge is -2.22. The van der Waals surface area contributed by atoms with Gasteiger partial charge in [0.25, 0.3) is 0 Å². The van der Waals surface area contributed by atoms with Crippen LogP contribution in [-0.4, -0.2) is 58.8 Å². The fraction of sp³-hybridized carbons (Fsp3) is 0.667. The van der Waals surface area contributed by atoms with E-state index < -0.39 is 17.1 Å². The zero-order valence-electron chi connectivity index (χ0n) is 17.0. The van der Waals surface area contributed by atoms with Crippen molar-refractivity contribution < 1.29 is 27.2 Å². The van der Waals surface area contributed by atoms with Gasteiger partial charge in [-0.1, -0.05) is 0 Å². The predicted molar refractivity (Wildman–Crippen MR) is 108 cm³/mol. The van der Waals surface area contributed by atoms with Crippen LogP contribution < -0.4 is 9.47 Å². The Labute approximate surface area is 160 Å². The molecule has 0 radical (unpaired) electrons. The summed E-state index contributed by atoms with van der Waals surface area (Å²) in [5, 5.41) is 0. The molecule has 1 aromatic rings. The maximum Gasteiger partial charge on any atom is 0.334 e. The first-order chi connectivity index (χ1) is 12.4. The third kappa shape index (κ3) is 8.19. The van der Waals surface area contributed by atoms with Crippen molar-refractivity contribution in [2.45, 2.75) is 38.0 Å². The molecule has 0 amide bonds. The lowest BCUT2D eigenvalue weighted by molar-refractivity contribution is 0.240. The molecule has 8 heteroatoms. The van der Waals surface area contributed by atoms with Gasteiger partial charge in [0, 0.05) is 28.4 Å². The van der Waals surface area contributed by atoms with E-state index >= 15 is 0 Å². The Morgan fingerprint density at radius 1 is 0.615 bits per heavy atom. The molecule has 0 saturated heterocycles. The lowest BCUT2D eigenvalue weighted by Crippen LogP contribution is -2.36. The number of hydrogen-bond donors (Lipinski definition) is 0. The summed E-state index contributed by atoms with van der Waals surface area (Å²) in [6, 6.07) is 9.55. The van der Waals surface area contributed by atoms with E-state index in [0.717, 1.165) is 36.4 Å². The first-order valence-corrected chi connectivity index (χ1v) is 14.0. The molecule has 1 aromatic carbocycles. The van der Waals surface area contributed by atoms with Crippen molar-refractivity contribution in [1.29, 1.82) is 0 Å². The normalized spacial score (nSPS) is 12.2. The Hall–Kier alpha value is -0.906. The highest BCUT2D eigenvalue weighted by Gasteiger charge is 2.28. The molecule has 6 nitrogen and oxygen atoms in total. The second-order valence-electron chi connectivity index (χ2n) is 6.46. The largest absolute Gasteiger partial charge is 0.494 e. The van der Waals surface area contributed by atoms with E-state index in [9.17, 15) is 0 Å². The maximum atomic E-state index is 5.77. The Morgan fingerprint density at radius 2 is 0.923 bits per heavy atom. The van der Waals surface area contributed by atoms with Gasteiger partial charge in [0.1, 0.15) is 11.5 Å². The van der Waals surface area contributed by atoms with E-state index in [0.29, 0.717) is 13.2 Å². The van der Waals surface area contributed by atoms with Crippen LogP contribution in [0.5, 0.6) is 11.5 Å². The minimum absolute atomic E-state index is 0.646. The van der Waals surface area contributed by atoms with Gasteiger partial charge in [0.05, 0.1) is 13.2 Å². The molecule has 0 atom stereocenters. The second-order valence-corrected chi connectivity index (χ2v) is 13.6. The van der Waals surface area contributed by atoms with Crippen molar-refractivity contribution >= 4 is 17.1 Å². The van der Waals surface area contributed by atoms with Crippen molar-refractivity contribution in [3.8, 4) is 11.5 Å². The molecule has 0 aliphatic rings. The van der Waals surface area contributed by atoms with Gasteiger partial charge in [-0.3, -0.25) is 0 Å². The topological polar surface area (TPSA) is 55.4 Å². The minimum atomic E-state index is -2.00.